The van der Waals surface area contributed by atoms with Gasteiger partial charge in [0.2, 0.25) is 0 Å². The number of esters is 1. The van der Waals surface area contributed by atoms with Crippen LogP contribution in [-0.2, 0) is 11.3 Å². The van der Waals surface area contributed by atoms with Crippen molar-refractivity contribution in [3.05, 3.63) is 98.2 Å². The number of rotatable bonds is 4. The van der Waals surface area contributed by atoms with Crippen LogP contribution in [0, 0.1) is 34.6 Å². The van der Waals surface area contributed by atoms with Crippen LogP contribution < -0.4 is 5.63 Å². The Morgan fingerprint density at radius 2 is 1.61 bits per heavy atom. The Labute approximate surface area is 180 Å². The Morgan fingerprint density at radius 1 is 0.935 bits per heavy atom. The van der Waals surface area contributed by atoms with Gasteiger partial charge in [-0.15, -0.1) is 0 Å². The van der Waals surface area contributed by atoms with Gasteiger partial charge in [0, 0.05) is 34.1 Å². The quantitative estimate of drug-likeness (QED) is 0.327. The summed E-state index contributed by atoms with van der Waals surface area (Å²) in [6, 6.07) is 15.2. The highest BCUT2D eigenvalue weighted by Gasteiger charge is 2.19. The summed E-state index contributed by atoms with van der Waals surface area (Å²) in [5, 5.41) is 0.778. The second-order valence-corrected chi connectivity index (χ2v) is 8.06. The standard InChI is InChI=1S/C26H25NO4/c1-15-6-8-21(9-7-15)27-18(4)12-22(19(27)5)26(29)30-14-20-13-25(28)31-24-11-17(3)16(2)10-23(20)24/h6-13H,14H2,1-5H3. The number of hydrogen-bond acceptors (Lipinski definition) is 4. The molecule has 5 heteroatoms. The second kappa shape index (κ2) is 7.91. The van der Waals surface area contributed by atoms with Crippen molar-refractivity contribution >= 4 is 16.9 Å². The van der Waals surface area contributed by atoms with E-state index in [-0.39, 0.29) is 6.61 Å². The monoisotopic (exact) mass is 415 g/mol. The molecular weight excluding hydrogens is 390 g/mol. The van der Waals surface area contributed by atoms with E-state index in [1.165, 1.54) is 11.6 Å². The lowest BCUT2D eigenvalue weighted by Gasteiger charge is -2.11. The summed E-state index contributed by atoms with van der Waals surface area (Å²) >= 11 is 0. The molecule has 4 rings (SSSR count). The first kappa shape index (κ1) is 20.7. The van der Waals surface area contributed by atoms with E-state index < -0.39 is 11.6 Å². The molecule has 4 aromatic rings. The second-order valence-electron chi connectivity index (χ2n) is 8.06. The van der Waals surface area contributed by atoms with Crippen molar-refractivity contribution in [3.8, 4) is 5.69 Å². The van der Waals surface area contributed by atoms with Crippen LogP contribution in [-0.4, -0.2) is 10.5 Å². The van der Waals surface area contributed by atoms with Crippen LogP contribution in [0.1, 0.15) is 44.0 Å². The van der Waals surface area contributed by atoms with Crippen molar-refractivity contribution in [2.75, 3.05) is 0 Å². The van der Waals surface area contributed by atoms with Gasteiger partial charge in [-0.1, -0.05) is 17.7 Å². The molecule has 2 aromatic heterocycles. The van der Waals surface area contributed by atoms with Gasteiger partial charge in [-0.05, 0) is 76.1 Å². The maximum absolute atomic E-state index is 12.9. The maximum Gasteiger partial charge on any atom is 0.340 e. The number of hydrogen-bond donors (Lipinski definition) is 0. The molecule has 0 amide bonds. The van der Waals surface area contributed by atoms with E-state index in [1.807, 2.05) is 81.7 Å². The van der Waals surface area contributed by atoms with Crippen molar-refractivity contribution < 1.29 is 13.9 Å². The predicted octanol–water partition coefficient (Wildman–Crippen LogP) is 5.48. The SMILES string of the molecule is Cc1ccc(-n2c(C)cc(C(=O)OCc3cc(=O)oc4cc(C)c(C)cc34)c2C)cc1. The fourth-order valence-electron chi connectivity index (χ4n) is 3.88. The summed E-state index contributed by atoms with van der Waals surface area (Å²) in [5.74, 6) is -0.420. The Morgan fingerprint density at radius 3 is 2.32 bits per heavy atom. The molecule has 0 unspecified atom stereocenters. The molecule has 0 spiro atoms. The van der Waals surface area contributed by atoms with Gasteiger partial charge in [-0.2, -0.15) is 0 Å². The predicted molar refractivity (Wildman–Crippen MR) is 121 cm³/mol. The fraction of sp³-hybridized carbons (Fsp3) is 0.231. The van der Waals surface area contributed by atoms with E-state index in [4.69, 9.17) is 9.15 Å². The van der Waals surface area contributed by atoms with E-state index in [2.05, 4.69) is 0 Å². The van der Waals surface area contributed by atoms with Crippen molar-refractivity contribution in [2.45, 2.75) is 41.2 Å². The average molecular weight is 415 g/mol. The van der Waals surface area contributed by atoms with Crippen molar-refractivity contribution in [3.63, 3.8) is 0 Å². The summed E-state index contributed by atoms with van der Waals surface area (Å²) in [6.07, 6.45) is 0. The molecule has 5 nitrogen and oxygen atoms in total. The Bertz CT molecular complexity index is 1360. The molecule has 0 N–H and O–H groups in total. The van der Waals surface area contributed by atoms with Gasteiger partial charge in [0.05, 0.1) is 5.56 Å². The van der Waals surface area contributed by atoms with Crippen LogP contribution in [0.4, 0.5) is 0 Å². The summed E-state index contributed by atoms with van der Waals surface area (Å²) in [6.45, 7) is 9.87. The molecule has 0 aliphatic carbocycles. The van der Waals surface area contributed by atoms with E-state index in [9.17, 15) is 9.59 Å². The van der Waals surface area contributed by atoms with Gasteiger partial charge in [0.25, 0.3) is 0 Å². The van der Waals surface area contributed by atoms with Gasteiger partial charge in [-0.3, -0.25) is 0 Å². The molecule has 0 saturated heterocycles. The molecule has 2 aromatic carbocycles. The zero-order valence-corrected chi connectivity index (χ0v) is 18.4. The number of nitrogens with zero attached hydrogens (tertiary/aromatic N) is 1. The third-order valence-electron chi connectivity index (χ3n) is 5.75. The van der Waals surface area contributed by atoms with Crippen molar-refractivity contribution in [1.82, 2.24) is 4.57 Å². The summed E-state index contributed by atoms with van der Waals surface area (Å²) in [4.78, 5) is 24.9. The molecule has 31 heavy (non-hydrogen) atoms. The van der Waals surface area contributed by atoms with Crippen LogP contribution in [0.15, 0.2) is 57.7 Å². The Kier molecular flexibility index (Phi) is 5.27. The highest BCUT2D eigenvalue weighted by Crippen LogP contribution is 2.24. The van der Waals surface area contributed by atoms with Gasteiger partial charge in [-0.25, -0.2) is 9.59 Å². The normalized spacial score (nSPS) is 11.1. The lowest BCUT2D eigenvalue weighted by atomic mass is 10.0. The van der Waals surface area contributed by atoms with E-state index in [1.54, 1.807) is 0 Å². The van der Waals surface area contributed by atoms with Gasteiger partial charge >= 0.3 is 11.6 Å². The smallest absolute Gasteiger partial charge is 0.340 e. The van der Waals surface area contributed by atoms with Gasteiger partial charge in [0.15, 0.2) is 0 Å². The number of fused-ring (bicyclic) bond motifs is 1. The van der Waals surface area contributed by atoms with Crippen LogP contribution >= 0.6 is 0 Å². The molecule has 0 aliphatic rings. The molecule has 158 valence electrons. The largest absolute Gasteiger partial charge is 0.457 e. The first-order valence-electron chi connectivity index (χ1n) is 10.2. The summed E-state index contributed by atoms with van der Waals surface area (Å²) in [5.41, 5.74) is 7.24. The first-order chi connectivity index (χ1) is 14.7. The number of carbonyl (C=O) groups excluding carboxylic acids is 1. The van der Waals surface area contributed by atoms with E-state index in [0.29, 0.717) is 16.7 Å². The molecule has 2 heterocycles. The molecule has 0 atom stereocenters. The van der Waals surface area contributed by atoms with Gasteiger partial charge in [0.1, 0.15) is 12.2 Å². The minimum absolute atomic E-state index is 0.00235. The first-order valence-corrected chi connectivity index (χ1v) is 10.2. The number of ether oxygens (including phenoxy) is 1. The van der Waals surface area contributed by atoms with Crippen molar-refractivity contribution in [1.29, 1.82) is 0 Å². The third-order valence-corrected chi connectivity index (χ3v) is 5.75. The van der Waals surface area contributed by atoms with Crippen LogP contribution in [0.2, 0.25) is 0 Å². The van der Waals surface area contributed by atoms with Crippen LogP contribution in [0.3, 0.4) is 0 Å². The summed E-state index contributed by atoms with van der Waals surface area (Å²) < 4.78 is 13.0. The minimum Gasteiger partial charge on any atom is -0.457 e. The highest BCUT2D eigenvalue weighted by atomic mass is 16.5. The summed E-state index contributed by atoms with van der Waals surface area (Å²) in [7, 11) is 0. The zero-order valence-electron chi connectivity index (χ0n) is 18.4. The number of carbonyl (C=O) groups is 1. The average Bonchev–Trinajstić information content (AvgIpc) is 3.02. The van der Waals surface area contributed by atoms with Crippen LogP contribution in [0.25, 0.3) is 16.7 Å². The number of benzene rings is 2. The highest BCUT2D eigenvalue weighted by molar-refractivity contribution is 5.91. The molecular formula is C26H25NO4. The topological polar surface area (TPSA) is 61.4 Å². The minimum atomic E-state index is -0.459. The Balaban J connectivity index is 1.63. The van der Waals surface area contributed by atoms with Gasteiger partial charge < -0.3 is 13.7 Å². The Hall–Kier alpha value is -3.60. The lowest BCUT2D eigenvalue weighted by Crippen LogP contribution is -2.09. The fourth-order valence-corrected chi connectivity index (χ4v) is 3.88. The zero-order chi connectivity index (χ0) is 22.3. The van der Waals surface area contributed by atoms with Crippen LogP contribution in [0.5, 0.6) is 0 Å². The number of aromatic nitrogens is 1. The maximum atomic E-state index is 12.9. The van der Waals surface area contributed by atoms with E-state index in [0.717, 1.165) is 33.6 Å². The number of aryl methyl sites for hydroxylation is 4. The lowest BCUT2D eigenvalue weighted by molar-refractivity contribution is 0.0473. The molecule has 0 saturated carbocycles. The van der Waals surface area contributed by atoms with E-state index >= 15 is 0 Å². The molecule has 0 aliphatic heterocycles. The third kappa shape index (κ3) is 3.91. The van der Waals surface area contributed by atoms with Crippen molar-refractivity contribution in [2.24, 2.45) is 0 Å². The molecule has 0 radical (unpaired) electrons. The molecule has 0 bridgehead atoms. The molecule has 0 fully saturated rings.